The minimum Gasteiger partial charge on any atom is -0.479 e. The summed E-state index contributed by atoms with van der Waals surface area (Å²) in [6, 6.07) is 6.23. The topological polar surface area (TPSA) is 70.3 Å². The van der Waals surface area contributed by atoms with Crippen LogP contribution in [0.3, 0.4) is 0 Å². The highest BCUT2D eigenvalue weighted by atomic mass is 16.5. The van der Waals surface area contributed by atoms with E-state index < -0.39 is 12.1 Å². The molecule has 4 nitrogen and oxygen atoms in total. The molecule has 1 rings (SSSR count). The van der Waals surface area contributed by atoms with Gasteiger partial charge < -0.3 is 15.6 Å². The van der Waals surface area contributed by atoms with Crippen molar-refractivity contribution < 1.29 is 14.6 Å². The molecule has 1 atom stereocenters. The molecule has 1 unspecified atom stereocenters. The molecular weight excluding hydrogens is 170 g/mol. The lowest BCUT2D eigenvalue weighted by Crippen LogP contribution is -2.22. The summed E-state index contributed by atoms with van der Waals surface area (Å²) in [4.78, 5) is 10.4. The van der Waals surface area contributed by atoms with Crippen molar-refractivity contribution in [1.82, 2.24) is 5.73 Å². The molecule has 0 amide bonds. The van der Waals surface area contributed by atoms with Crippen molar-refractivity contribution in [2.24, 2.45) is 0 Å². The number of rotatable bonds is 3. The van der Waals surface area contributed by atoms with Crippen LogP contribution in [0.15, 0.2) is 24.3 Å². The Balaban J connectivity index is 2.64. The first kappa shape index (κ1) is 9.38. The van der Waals surface area contributed by atoms with E-state index in [4.69, 9.17) is 15.6 Å². The molecular formula is C9H10NO3. The Labute approximate surface area is 75.9 Å². The lowest BCUT2D eigenvalue weighted by molar-refractivity contribution is -0.144. The average molecular weight is 180 g/mol. The van der Waals surface area contributed by atoms with Gasteiger partial charge in [0.15, 0.2) is 6.10 Å². The van der Waals surface area contributed by atoms with E-state index in [9.17, 15) is 4.79 Å². The summed E-state index contributed by atoms with van der Waals surface area (Å²) in [6.45, 7) is 1.46. The summed E-state index contributed by atoms with van der Waals surface area (Å²) >= 11 is 0. The van der Waals surface area contributed by atoms with Crippen molar-refractivity contribution in [2.45, 2.75) is 13.0 Å². The van der Waals surface area contributed by atoms with E-state index in [0.717, 1.165) is 0 Å². The van der Waals surface area contributed by atoms with Gasteiger partial charge in [0, 0.05) is 0 Å². The first-order valence-corrected chi connectivity index (χ1v) is 3.80. The van der Waals surface area contributed by atoms with Gasteiger partial charge >= 0.3 is 5.97 Å². The van der Waals surface area contributed by atoms with Gasteiger partial charge in [-0.1, -0.05) is 0 Å². The molecule has 69 valence electrons. The largest absolute Gasteiger partial charge is 0.479 e. The van der Waals surface area contributed by atoms with E-state index in [1.807, 2.05) is 0 Å². The van der Waals surface area contributed by atoms with E-state index in [1.165, 1.54) is 6.92 Å². The summed E-state index contributed by atoms with van der Waals surface area (Å²) in [5.41, 5.74) is 7.56. The van der Waals surface area contributed by atoms with E-state index in [2.05, 4.69) is 0 Å². The Morgan fingerprint density at radius 3 is 2.46 bits per heavy atom. The fourth-order valence-corrected chi connectivity index (χ4v) is 0.788. The number of ether oxygens (including phenoxy) is 1. The van der Waals surface area contributed by atoms with Crippen LogP contribution in [0, 0.1) is 0 Å². The zero-order valence-corrected chi connectivity index (χ0v) is 7.15. The number of carboxylic acids is 1. The zero-order chi connectivity index (χ0) is 9.84. The predicted molar refractivity (Wildman–Crippen MR) is 46.9 cm³/mol. The molecule has 0 saturated carbocycles. The van der Waals surface area contributed by atoms with Crippen LogP contribution < -0.4 is 10.5 Å². The van der Waals surface area contributed by atoms with Gasteiger partial charge in [0.05, 0.1) is 5.69 Å². The number of carboxylic acid groups (broad SMARTS) is 1. The molecule has 13 heavy (non-hydrogen) atoms. The van der Waals surface area contributed by atoms with Crippen LogP contribution in [0.4, 0.5) is 5.69 Å². The Bertz CT molecular complexity index is 294. The van der Waals surface area contributed by atoms with Crippen LogP contribution in [-0.4, -0.2) is 17.2 Å². The molecule has 0 aliphatic heterocycles. The van der Waals surface area contributed by atoms with E-state index >= 15 is 0 Å². The fraction of sp³-hybridized carbons (Fsp3) is 0.222. The fourth-order valence-electron chi connectivity index (χ4n) is 0.788. The predicted octanol–water partition coefficient (Wildman–Crippen LogP) is 1.45. The summed E-state index contributed by atoms with van der Waals surface area (Å²) in [5, 5.41) is 8.54. The highest BCUT2D eigenvalue weighted by molar-refractivity contribution is 5.72. The van der Waals surface area contributed by atoms with Crippen molar-refractivity contribution in [2.75, 3.05) is 0 Å². The molecule has 4 heteroatoms. The van der Waals surface area contributed by atoms with Gasteiger partial charge in [-0.05, 0) is 31.2 Å². The summed E-state index contributed by atoms with van der Waals surface area (Å²) in [7, 11) is 0. The SMILES string of the molecule is CC(Oc1ccc([NH])cc1)C(=O)O. The average Bonchev–Trinajstić information content (AvgIpc) is 2.08. The number of hydrogen-bond acceptors (Lipinski definition) is 2. The quantitative estimate of drug-likeness (QED) is 0.765. The normalized spacial score (nSPS) is 12.1. The number of carbonyl (C=O) groups is 1. The van der Waals surface area contributed by atoms with Crippen molar-refractivity contribution in [3.8, 4) is 5.75 Å². The molecule has 1 aromatic carbocycles. The van der Waals surface area contributed by atoms with Gasteiger partial charge in [-0.15, -0.1) is 0 Å². The number of hydrogen-bond donors (Lipinski definition) is 1. The van der Waals surface area contributed by atoms with Crippen LogP contribution in [-0.2, 0) is 4.79 Å². The molecule has 1 aromatic rings. The molecule has 0 aliphatic rings. The Morgan fingerprint density at radius 2 is 2.00 bits per heavy atom. The second kappa shape index (κ2) is 3.80. The maximum absolute atomic E-state index is 10.4. The third-order valence-electron chi connectivity index (χ3n) is 1.51. The second-order valence-electron chi connectivity index (χ2n) is 2.62. The van der Waals surface area contributed by atoms with Gasteiger partial charge in [-0.2, -0.15) is 0 Å². The molecule has 0 spiro atoms. The standard InChI is InChI=1S/C9H10NO3/c1-6(9(11)12)13-8-4-2-7(10)3-5-8/h2-6,10H,1H3,(H,11,12). The van der Waals surface area contributed by atoms with Crippen LogP contribution in [0.1, 0.15) is 6.92 Å². The van der Waals surface area contributed by atoms with Crippen molar-refractivity contribution in [1.29, 1.82) is 0 Å². The van der Waals surface area contributed by atoms with E-state index in [1.54, 1.807) is 24.3 Å². The maximum Gasteiger partial charge on any atom is 0.344 e. The van der Waals surface area contributed by atoms with Crippen LogP contribution in [0.5, 0.6) is 5.75 Å². The molecule has 0 saturated heterocycles. The Morgan fingerprint density at radius 1 is 1.46 bits per heavy atom. The lowest BCUT2D eigenvalue weighted by atomic mass is 10.3. The first-order chi connectivity index (χ1) is 6.09. The third-order valence-corrected chi connectivity index (χ3v) is 1.51. The molecule has 0 bridgehead atoms. The van der Waals surface area contributed by atoms with Crippen LogP contribution >= 0.6 is 0 Å². The van der Waals surface area contributed by atoms with Crippen molar-refractivity contribution >= 4 is 11.7 Å². The minimum atomic E-state index is -1.00. The number of aliphatic carboxylic acids is 1. The van der Waals surface area contributed by atoms with E-state index in [-0.39, 0.29) is 0 Å². The molecule has 1 radical (unpaired) electrons. The first-order valence-electron chi connectivity index (χ1n) is 3.80. The number of benzene rings is 1. The molecule has 0 aliphatic carbocycles. The van der Waals surface area contributed by atoms with Crippen molar-refractivity contribution in [3.05, 3.63) is 24.3 Å². The van der Waals surface area contributed by atoms with Crippen LogP contribution in [0.25, 0.3) is 0 Å². The molecule has 0 heterocycles. The number of nitrogens with one attached hydrogen (secondary N) is 1. The van der Waals surface area contributed by atoms with Gasteiger partial charge in [-0.25, -0.2) is 4.79 Å². The molecule has 0 aromatic heterocycles. The van der Waals surface area contributed by atoms with Gasteiger partial charge in [0.1, 0.15) is 5.75 Å². The molecule has 2 N–H and O–H groups in total. The monoisotopic (exact) mass is 180 g/mol. The van der Waals surface area contributed by atoms with E-state index in [0.29, 0.717) is 11.4 Å². The minimum absolute atomic E-state index is 0.371. The lowest BCUT2D eigenvalue weighted by Gasteiger charge is -2.09. The smallest absolute Gasteiger partial charge is 0.344 e. The summed E-state index contributed by atoms with van der Waals surface area (Å²) in [5.74, 6) is -0.541. The Kier molecular flexibility index (Phi) is 2.74. The van der Waals surface area contributed by atoms with Crippen molar-refractivity contribution in [3.63, 3.8) is 0 Å². The van der Waals surface area contributed by atoms with Crippen LogP contribution in [0.2, 0.25) is 0 Å². The van der Waals surface area contributed by atoms with Gasteiger partial charge in [0.25, 0.3) is 0 Å². The summed E-state index contributed by atoms with van der Waals surface area (Å²) in [6.07, 6.45) is -0.864. The second-order valence-corrected chi connectivity index (χ2v) is 2.62. The third kappa shape index (κ3) is 2.66. The van der Waals surface area contributed by atoms with Gasteiger partial charge in [-0.3, -0.25) is 0 Å². The maximum atomic E-state index is 10.4. The Hall–Kier alpha value is -1.71. The highest BCUT2D eigenvalue weighted by Crippen LogP contribution is 2.15. The molecule has 0 fully saturated rings. The highest BCUT2D eigenvalue weighted by Gasteiger charge is 2.11. The summed E-state index contributed by atoms with van der Waals surface area (Å²) < 4.78 is 5.05. The van der Waals surface area contributed by atoms with Gasteiger partial charge in [0.2, 0.25) is 0 Å². The zero-order valence-electron chi connectivity index (χ0n) is 7.15.